The van der Waals surface area contributed by atoms with Crippen LogP contribution in [0.3, 0.4) is 0 Å². The quantitative estimate of drug-likeness (QED) is 0.917. The molecule has 1 aliphatic heterocycles. The van der Waals surface area contributed by atoms with E-state index in [2.05, 4.69) is 10.1 Å². The maximum atomic E-state index is 12.1. The van der Waals surface area contributed by atoms with E-state index in [1.54, 1.807) is 12.1 Å². The van der Waals surface area contributed by atoms with Gasteiger partial charge in [-0.15, -0.1) is 0 Å². The number of likely N-dealkylation sites (tertiary alicyclic amines) is 1. The number of benzene rings is 1. The van der Waals surface area contributed by atoms with Gasteiger partial charge in [0.15, 0.2) is 6.61 Å². The highest BCUT2D eigenvalue weighted by molar-refractivity contribution is 5.94. The Morgan fingerprint density at radius 2 is 1.79 bits per heavy atom. The van der Waals surface area contributed by atoms with Crippen LogP contribution >= 0.6 is 0 Å². The molecule has 0 bridgehead atoms. The molecule has 0 radical (unpaired) electrons. The molecule has 1 aromatic rings. The van der Waals surface area contributed by atoms with Gasteiger partial charge in [-0.1, -0.05) is 17.7 Å². The average Bonchev–Trinajstić information content (AvgIpc) is 2.53. The second-order valence-corrected chi connectivity index (χ2v) is 5.77. The van der Waals surface area contributed by atoms with Gasteiger partial charge >= 0.3 is 12.3 Å². The van der Waals surface area contributed by atoms with Crippen molar-refractivity contribution in [3.05, 3.63) is 35.4 Å². The molecule has 1 N–H and O–H groups in total. The Morgan fingerprint density at radius 3 is 2.33 bits per heavy atom. The van der Waals surface area contributed by atoms with Crippen molar-refractivity contribution in [2.24, 2.45) is 0 Å². The summed E-state index contributed by atoms with van der Waals surface area (Å²) in [5.74, 6) is -0.201. The summed E-state index contributed by atoms with van der Waals surface area (Å²) in [6.07, 6.45) is -4.57. The topological polar surface area (TPSA) is 58.6 Å². The highest BCUT2D eigenvalue weighted by Crippen LogP contribution is 2.17. The van der Waals surface area contributed by atoms with E-state index in [4.69, 9.17) is 0 Å². The predicted molar refractivity (Wildman–Crippen MR) is 80.6 cm³/mol. The number of carbonyl (C=O) groups is 2. The third-order valence-electron chi connectivity index (χ3n) is 3.76. The standard InChI is InChI=1S/C16H19F3N2O3/c1-11-2-4-12(5-3-11)14(22)20-13-6-8-21(9-7-13)15(23)24-10-16(17,18)19/h2-5,13H,6-10H2,1H3,(H,20,22). The number of piperidine rings is 1. The van der Waals surface area contributed by atoms with E-state index in [0.29, 0.717) is 18.4 Å². The molecule has 0 aromatic heterocycles. The van der Waals surface area contributed by atoms with E-state index in [1.165, 1.54) is 4.90 Å². The van der Waals surface area contributed by atoms with Crippen LogP contribution in [-0.2, 0) is 4.74 Å². The minimum absolute atomic E-state index is 0.120. The van der Waals surface area contributed by atoms with E-state index in [0.717, 1.165) is 5.56 Å². The summed E-state index contributed by atoms with van der Waals surface area (Å²) in [6.45, 7) is 0.830. The Bertz CT molecular complexity index is 579. The van der Waals surface area contributed by atoms with E-state index in [1.807, 2.05) is 19.1 Å². The summed E-state index contributed by atoms with van der Waals surface area (Å²) in [5, 5.41) is 2.87. The molecule has 0 aliphatic carbocycles. The number of aryl methyl sites for hydroxylation is 1. The second kappa shape index (κ2) is 7.55. The van der Waals surface area contributed by atoms with Gasteiger partial charge in [0.1, 0.15) is 0 Å². The van der Waals surface area contributed by atoms with Crippen molar-refractivity contribution in [1.82, 2.24) is 10.2 Å². The van der Waals surface area contributed by atoms with E-state index >= 15 is 0 Å². The number of ether oxygens (including phenoxy) is 1. The smallest absolute Gasteiger partial charge is 0.422 e. The van der Waals surface area contributed by atoms with Gasteiger partial charge in [-0.25, -0.2) is 4.79 Å². The molecule has 1 saturated heterocycles. The Morgan fingerprint density at radius 1 is 1.21 bits per heavy atom. The van der Waals surface area contributed by atoms with Crippen molar-refractivity contribution >= 4 is 12.0 Å². The summed E-state index contributed by atoms with van der Waals surface area (Å²) in [7, 11) is 0. The van der Waals surface area contributed by atoms with Gasteiger partial charge in [-0.2, -0.15) is 13.2 Å². The average molecular weight is 344 g/mol. The molecular formula is C16H19F3N2O3. The van der Waals surface area contributed by atoms with Gasteiger partial charge in [-0.3, -0.25) is 4.79 Å². The minimum atomic E-state index is -4.53. The molecule has 0 spiro atoms. The molecule has 2 amide bonds. The van der Waals surface area contributed by atoms with Crippen LogP contribution in [0.2, 0.25) is 0 Å². The highest BCUT2D eigenvalue weighted by Gasteiger charge is 2.32. The first kappa shape index (κ1) is 18.1. The number of hydrogen-bond acceptors (Lipinski definition) is 3. The van der Waals surface area contributed by atoms with Gasteiger partial charge < -0.3 is 15.0 Å². The normalized spacial score (nSPS) is 15.9. The summed E-state index contributed by atoms with van der Waals surface area (Å²) in [5.41, 5.74) is 1.60. The lowest BCUT2D eigenvalue weighted by molar-refractivity contribution is -0.162. The molecule has 24 heavy (non-hydrogen) atoms. The van der Waals surface area contributed by atoms with Gasteiger partial charge in [0.05, 0.1) is 0 Å². The minimum Gasteiger partial charge on any atom is -0.440 e. The van der Waals surface area contributed by atoms with Gasteiger partial charge in [0.2, 0.25) is 0 Å². The van der Waals surface area contributed by atoms with Crippen LogP contribution < -0.4 is 5.32 Å². The number of hydrogen-bond donors (Lipinski definition) is 1. The Labute approximate surface area is 137 Å². The second-order valence-electron chi connectivity index (χ2n) is 5.77. The fraction of sp³-hybridized carbons (Fsp3) is 0.500. The molecule has 132 valence electrons. The number of nitrogens with zero attached hydrogens (tertiary/aromatic N) is 1. The number of alkyl halides is 3. The summed E-state index contributed by atoms with van der Waals surface area (Å²) in [4.78, 5) is 24.9. The largest absolute Gasteiger partial charge is 0.440 e. The molecule has 1 aromatic carbocycles. The fourth-order valence-corrected chi connectivity index (χ4v) is 2.41. The molecule has 0 saturated carbocycles. The highest BCUT2D eigenvalue weighted by atomic mass is 19.4. The van der Waals surface area contributed by atoms with E-state index < -0.39 is 18.9 Å². The molecule has 0 atom stereocenters. The molecule has 5 nitrogen and oxygen atoms in total. The lowest BCUT2D eigenvalue weighted by atomic mass is 10.0. The third-order valence-corrected chi connectivity index (χ3v) is 3.76. The van der Waals surface area contributed by atoms with E-state index in [9.17, 15) is 22.8 Å². The van der Waals surface area contributed by atoms with Crippen molar-refractivity contribution in [3.8, 4) is 0 Å². The SMILES string of the molecule is Cc1ccc(C(=O)NC2CCN(C(=O)OCC(F)(F)F)CC2)cc1. The molecule has 0 unspecified atom stereocenters. The predicted octanol–water partition coefficient (Wildman–Crippen LogP) is 2.89. The molecular weight excluding hydrogens is 325 g/mol. The maximum Gasteiger partial charge on any atom is 0.422 e. The van der Waals surface area contributed by atoms with Crippen molar-refractivity contribution in [3.63, 3.8) is 0 Å². The molecule has 2 rings (SSSR count). The zero-order valence-corrected chi connectivity index (χ0v) is 13.2. The molecule has 1 heterocycles. The zero-order chi connectivity index (χ0) is 17.7. The van der Waals surface area contributed by atoms with Crippen LogP contribution in [0, 0.1) is 6.92 Å². The van der Waals surface area contributed by atoms with Gasteiger partial charge in [0, 0.05) is 24.7 Å². The Hall–Kier alpha value is -2.25. The number of carbonyl (C=O) groups excluding carboxylic acids is 2. The van der Waals surface area contributed by atoms with Crippen LogP contribution in [0.4, 0.5) is 18.0 Å². The number of amides is 2. The molecule has 8 heteroatoms. The van der Waals surface area contributed by atoms with Crippen molar-refractivity contribution in [2.75, 3.05) is 19.7 Å². The lowest BCUT2D eigenvalue weighted by Gasteiger charge is -2.31. The fourth-order valence-electron chi connectivity index (χ4n) is 2.41. The van der Waals surface area contributed by atoms with E-state index in [-0.39, 0.29) is 25.0 Å². The Balaban J connectivity index is 1.77. The first-order valence-electron chi connectivity index (χ1n) is 7.60. The molecule has 1 fully saturated rings. The zero-order valence-electron chi connectivity index (χ0n) is 13.2. The monoisotopic (exact) mass is 344 g/mol. The number of halogens is 3. The number of nitrogens with one attached hydrogen (secondary N) is 1. The van der Waals surface area contributed by atoms with Crippen LogP contribution in [0.1, 0.15) is 28.8 Å². The van der Waals surface area contributed by atoms with Crippen molar-refractivity contribution in [2.45, 2.75) is 32.0 Å². The first-order chi connectivity index (χ1) is 11.2. The van der Waals surface area contributed by atoms with Crippen molar-refractivity contribution in [1.29, 1.82) is 0 Å². The Kier molecular flexibility index (Phi) is 5.69. The lowest BCUT2D eigenvalue weighted by Crippen LogP contribution is -2.47. The van der Waals surface area contributed by atoms with Crippen LogP contribution in [-0.4, -0.2) is 48.8 Å². The first-order valence-corrected chi connectivity index (χ1v) is 7.60. The van der Waals surface area contributed by atoms with Crippen LogP contribution in [0.15, 0.2) is 24.3 Å². The van der Waals surface area contributed by atoms with Gasteiger partial charge in [-0.05, 0) is 31.9 Å². The molecule has 1 aliphatic rings. The van der Waals surface area contributed by atoms with Crippen molar-refractivity contribution < 1.29 is 27.5 Å². The summed E-state index contributed by atoms with van der Waals surface area (Å²) < 4.78 is 40.3. The number of rotatable bonds is 3. The maximum absolute atomic E-state index is 12.1. The summed E-state index contributed by atoms with van der Waals surface area (Å²) >= 11 is 0. The third kappa shape index (κ3) is 5.43. The summed E-state index contributed by atoms with van der Waals surface area (Å²) in [6, 6.07) is 7.02. The van der Waals surface area contributed by atoms with Crippen LogP contribution in [0.25, 0.3) is 0 Å². The van der Waals surface area contributed by atoms with Crippen LogP contribution in [0.5, 0.6) is 0 Å². The van der Waals surface area contributed by atoms with Gasteiger partial charge in [0.25, 0.3) is 5.91 Å².